The highest BCUT2D eigenvalue weighted by molar-refractivity contribution is 5.94. The van der Waals surface area contributed by atoms with Gasteiger partial charge >= 0.3 is 0 Å². The first-order valence-electron chi connectivity index (χ1n) is 10.9. The number of aromatic amines is 1. The number of hydrogen-bond acceptors (Lipinski definition) is 7. The van der Waals surface area contributed by atoms with E-state index in [0.717, 1.165) is 16.6 Å². The number of carbonyl (C=O) groups excluding carboxylic acids is 1. The van der Waals surface area contributed by atoms with Gasteiger partial charge in [-0.3, -0.25) is 9.48 Å². The van der Waals surface area contributed by atoms with Crippen molar-refractivity contribution in [1.29, 1.82) is 0 Å². The molecule has 0 aliphatic carbocycles. The summed E-state index contributed by atoms with van der Waals surface area (Å²) in [7, 11) is 1.84. The third-order valence-electron chi connectivity index (χ3n) is 5.48. The number of nitrogens with zero attached hydrogens (tertiary/aromatic N) is 6. The van der Waals surface area contributed by atoms with Gasteiger partial charge in [-0.25, -0.2) is 14.4 Å². The average Bonchev–Trinajstić information content (AvgIpc) is 3.56. The van der Waals surface area contributed by atoms with Crippen molar-refractivity contribution >= 4 is 16.9 Å². The number of rotatable bonds is 5. The van der Waals surface area contributed by atoms with Gasteiger partial charge in [0.05, 0.1) is 17.6 Å². The molecule has 0 aliphatic heterocycles. The Bertz CT molecular complexity index is 1540. The Morgan fingerprint density at radius 2 is 2.03 bits per heavy atom. The molecule has 1 amide bonds. The Morgan fingerprint density at radius 1 is 1.20 bits per heavy atom. The zero-order valence-corrected chi connectivity index (χ0v) is 19.6. The molecule has 2 N–H and O–H groups in total. The van der Waals surface area contributed by atoms with Crippen LogP contribution in [0.5, 0.6) is 0 Å². The van der Waals surface area contributed by atoms with Crippen LogP contribution in [0.4, 0.5) is 4.39 Å². The molecule has 0 bridgehead atoms. The largest absolute Gasteiger partial charge is 0.345 e. The molecule has 10 nitrogen and oxygen atoms in total. The topological polar surface area (TPSA) is 127 Å². The van der Waals surface area contributed by atoms with E-state index in [-0.39, 0.29) is 17.8 Å². The van der Waals surface area contributed by atoms with E-state index >= 15 is 0 Å². The summed E-state index contributed by atoms with van der Waals surface area (Å²) in [5, 5.41) is 11.3. The lowest BCUT2D eigenvalue weighted by Crippen LogP contribution is -2.24. The number of fused-ring (bicyclic) bond motifs is 1. The molecule has 0 fully saturated rings. The number of aryl methyl sites for hydroxylation is 1. The molecule has 1 aromatic carbocycles. The predicted molar refractivity (Wildman–Crippen MR) is 126 cm³/mol. The van der Waals surface area contributed by atoms with E-state index in [9.17, 15) is 9.18 Å². The van der Waals surface area contributed by atoms with E-state index in [1.54, 1.807) is 23.0 Å². The molecule has 0 aliphatic rings. The summed E-state index contributed by atoms with van der Waals surface area (Å²) >= 11 is 0. The smallest absolute Gasteiger partial charge is 0.292 e. The third kappa shape index (κ3) is 4.39. The molecule has 0 saturated heterocycles. The maximum absolute atomic E-state index is 15.0. The van der Waals surface area contributed by atoms with Crippen LogP contribution in [0.25, 0.3) is 33.5 Å². The second-order valence-corrected chi connectivity index (χ2v) is 9.23. The van der Waals surface area contributed by atoms with Crippen molar-refractivity contribution in [3.8, 4) is 22.5 Å². The van der Waals surface area contributed by atoms with E-state index in [1.165, 1.54) is 12.4 Å². The lowest BCUT2D eigenvalue weighted by Gasteiger charge is -2.10. The first-order chi connectivity index (χ1) is 16.7. The minimum Gasteiger partial charge on any atom is -0.345 e. The summed E-state index contributed by atoms with van der Waals surface area (Å²) in [5.74, 6) is -0.750. The fourth-order valence-corrected chi connectivity index (χ4v) is 3.60. The lowest BCUT2D eigenvalue weighted by atomic mass is 9.97. The van der Waals surface area contributed by atoms with Crippen molar-refractivity contribution in [3.05, 3.63) is 66.1 Å². The predicted octanol–water partition coefficient (Wildman–Crippen LogP) is 3.78. The highest BCUT2D eigenvalue weighted by atomic mass is 19.1. The molecule has 0 atom stereocenters. The number of nitrogens with one attached hydrogen (secondary N) is 2. The van der Waals surface area contributed by atoms with Crippen LogP contribution in [0.15, 0.2) is 47.5 Å². The number of halogens is 1. The molecule has 4 aromatic heterocycles. The third-order valence-corrected chi connectivity index (χ3v) is 5.48. The summed E-state index contributed by atoms with van der Waals surface area (Å²) in [4.78, 5) is 28.4. The van der Waals surface area contributed by atoms with Crippen LogP contribution in [-0.4, -0.2) is 40.8 Å². The van der Waals surface area contributed by atoms with E-state index < -0.39 is 11.7 Å². The first kappa shape index (κ1) is 22.4. The monoisotopic (exact) mass is 474 g/mol. The molecule has 0 saturated carbocycles. The van der Waals surface area contributed by atoms with Gasteiger partial charge in [0.2, 0.25) is 5.89 Å². The number of aromatic nitrogens is 7. The van der Waals surface area contributed by atoms with Crippen LogP contribution < -0.4 is 5.32 Å². The molecular weight excluding hydrogens is 451 g/mol. The van der Waals surface area contributed by atoms with Gasteiger partial charge in [0, 0.05) is 47.3 Å². The van der Waals surface area contributed by atoms with E-state index in [4.69, 9.17) is 4.52 Å². The Labute approximate surface area is 199 Å². The molecule has 0 unspecified atom stereocenters. The first-order valence-corrected chi connectivity index (χ1v) is 10.9. The maximum Gasteiger partial charge on any atom is 0.292 e. The van der Waals surface area contributed by atoms with Crippen molar-refractivity contribution in [2.45, 2.75) is 32.7 Å². The summed E-state index contributed by atoms with van der Waals surface area (Å²) in [6.07, 6.45) is 5.07. The fourth-order valence-electron chi connectivity index (χ4n) is 3.60. The van der Waals surface area contributed by atoms with Crippen molar-refractivity contribution in [1.82, 2.24) is 40.2 Å². The van der Waals surface area contributed by atoms with Gasteiger partial charge in [0.25, 0.3) is 11.7 Å². The maximum atomic E-state index is 15.0. The van der Waals surface area contributed by atoms with Crippen molar-refractivity contribution in [2.75, 3.05) is 0 Å². The van der Waals surface area contributed by atoms with Gasteiger partial charge in [0.1, 0.15) is 17.8 Å². The number of benzene rings is 1. The van der Waals surface area contributed by atoms with Crippen LogP contribution in [0.3, 0.4) is 0 Å². The van der Waals surface area contributed by atoms with Gasteiger partial charge < -0.3 is 14.8 Å². The standard InChI is InChI=1S/C24H23FN8O2/c1-24(2,3)23-31-21(32-35-23)22(34)26-9-14-6-5-13(7-17(14)25)19-16-8-18(15-10-29-33(4)11-15)30-20(16)28-12-27-19/h5-8,10-12H,9H2,1-4H3,(H,26,34)(H,27,28,30). The molecule has 0 radical (unpaired) electrons. The Morgan fingerprint density at radius 3 is 2.71 bits per heavy atom. The fraction of sp³-hybridized carbons (Fsp3) is 0.250. The molecular formula is C24H23FN8O2. The van der Waals surface area contributed by atoms with Crippen LogP contribution in [0.2, 0.25) is 0 Å². The van der Waals surface area contributed by atoms with Gasteiger partial charge in [-0.05, 0) is 12.1 Å². The van der Waals surface area contributed by atoms with E-state index in [2.05, 4.69) is 35.5 Å². The highest BCUT2D eigenvalue weighted by Crippen LogP contribution is 2.30. The summed E-state index contributed by atoms with van der Waals surface area (Å²) < 4.78 is 21.8. The number of carbonyl (C=O) groups is 1. The van der Waals surface area contributed by atoms with E-state index in [0.29, 0.717) is 28.4 Å². The molecule has 5 rings (SSSR count). The number of amides is 1. The second-order valence-electron chi connectivity index (χ2n) is 9.23. The Kier molecular flexibility index (Phi) is 5.39. The summed E-state index contributed by atoms with van der Waals surface area (Å²) in [5.41, 5.74) is 3.51. The van der Waals surface area contributed by atoms with Gasteiger partial charge in [0.15, 0.2) is 0 Å². The minimum atomic E-state index is -0.541. The molecule has 0 spiro atoms. The molecule has 178 valence electrons. The number of H-pyrrole nitrogens is 1. The molecule has 4 heterocycles. The molecule has 5 aromatic rings. The second kappa shape index (κ2) is 8.42. The van der Waals surface area contributed by atoms with Crippen molar-refractivity contribution in [2.24, 2.45) is 7.05 Å². The minimum absolute atomic E-state index is 0.0289. The number of hydrogen-bond donors (Lipinski definition) is 2. The highest BCUT2D eigenvalue weighted by Gasteiger charge is 2.24. The van der Waals surface area contributed by atoms with Gasteiger partial charge in [-0.1, -0.05) is 38.1 Å². The van der Waals surface area contributed by atoms with Crippen LogP contribution in [0.1, 0.15) is 42.8 Å². The van der Waals surface area contributed by atoms with Gasteiger partial charge in [-0.2, -0.15) is 10.1 Å². The SMILES string of the molecule is Cn1cc(-c2cc3c(-c4ccc(CNC(=O)c5noc(C(C)(C)C)n5)c(F)c4)ncnc3[nH]2)cn1. The molecule has 35 heavy (non-hydrogen) atoms. The zero-order chi connectivity index (χ0) is 24.7. The quantitative estimate of drug-likeness (QED) is 0.397. The van der Waals surface area contributed by atoms with Crippen LogP contribution >= 0.6 is 0 Å². The van der Waals surface area contributed by atoms with E-state index in [1.807, 2.05) is 40.1 Å². The van der Waals surface area contributed by atoms with Crippen molar-refractivity contribution in [3.63, 3.8) is 0 Å². The normalized spacial score (nSPS) is 11.8. The zero-order valence-electron chi connectivity index (χ0n) is 19.6. The van der Waals surface area contributed by atoms with Gasteiger partial charge in [-0.15, -0.1) is 0 Å². The Balaban J connectivity index is 1.36. The summed E-state index contributed by atoms with van der Waals surface area (Å²) in [6, 6.07) is 6.69. The molecule has 11 heteroatoms. The van der Waals surface area contributed by atoms with Crippen molar-refractivity contribution < 1.29 is 13.7 Å². The Hall–Kier alpha value is -4.41. The van der Waals surface area contributed by atoms with Crippen LogP contribution in [0, 0.1) is 5.82 Å². The average molecular weight is 475 g/mol. The van der Waals surface area contributed by atoms with Crippen LogP contribution in [-0.2, 0) is 19.0 Å². The lowest BCUT2D eigenvalue weighted by molar-refractivity contribution is 0.0937. The summed E-state index contributed by atoms with van der Waals surface area (Å²) in [6.45, 7) is 5.67.